The number of anilines is 1. The highest BCUT2D eigenvalue weighted by atomic mass is 19.1. The minimum atomic E-state index is -1.36. The van der Waals surface area contributed by atoms with E-state index < -0.39 is 36.0 Å². The lowest BCUT2D eigenvalue weighted by molar-refractivity contribution is -0.139. The molecule has 6 rings (SSSR count). The number of nitrogens with zero attached hydrogens (tertiary/aromatic N) is 1. The number of para-hydroxylation sites is 1. The van der Waals surface area contributed by atoms with E-state index in [2.05, 4.69) is 10.6 Å². The van der Waals surface area contributed by atoms with Crippen LogP contribution in [0.4, 0.5) is 14.5 Å². The van der Waals surface area contributed by atoms with E-state index in [1.165, 1.54) is 11.0 Å². The third-order valence-corrected chi connectivity index (χ3v) is 7.96. The lowest BCUT2D eigenvalue weighted by Crippen LogP contribution is -2.47. The summed E-state index contributed by atoms with van der Waals surface area (Å²) in [6.07, 6.45) is 0.287. The van der Waals surface area contributed by atoms with Gasteiger partial charge < -0.3 is 15.5 Å². The molecule has 3 aromatic carbocycles. The highest BCUT2D eigenvalue weighted by molar-refractivity contribution is 6.05. The first-order valence-electron chi connectivity index (χ1n) is 13.4. The predicted octanol–water partition coefficient (Wildman–Crippen LogP) is 4.97. The summed E-state index contributed by atoms with van der Waals surface area (Å²) in [6.45, 7) is -0.215. The summed E-state index contributed by atoms with van der Waals surface area (Å²) in [4.78, 5) is 40.7. The molecule has 0 radical (unpaired) electrons. The highest BCUT2D eigenvalue weighted by Gasteiger charge is 2.42. The van der Waals surface area contributed by atoms with Gasteiger partial charge in [0.25, 0.3) is 0 Å². The molecule has 8 heteroatoms. The summed E-state index contributed by atoms with van der Waals surface area (Å²) in [5.74, 6) is -2.01. The lowest BCUT2D eigenvalue weighted by atomic mass is 9.95. The van der Waals surface area contributed by atoms with Gasteiger partial charge in [-0.1, -0.05) is 60.7 Å². The van der Waals surface area contributed by atoms with Crippen LogP contribution in [-0.4, -0.2) is 41.4 Å². The number of fused-ring (bicyclic) bond motifs is 1. The molecule has 3 aliphatic rings. The largest absolute Gasteiger partial charge is 0.343 e. The Hall–Kier alpha value is -4.07. The fourth-order valence-corrected chi connectivity index (χ4v) is 5.77. The van der Waals surface area contributed by atoms with Gasteiger partial charge in [0.2, 0.25) is 17.7 Å². The molecule has 1 saturated carbocycles. The van der Waals surface area contributed by atoms with Gasteiger partial charge in [-0.3, -0.25) is 14.4 Å². The van der Waals surface area contributed by atoms with Gasteiger partial charge in [-0.05, 0) is 53.1 Å². The molecule has 1 saturated heterocycles. The third kappa shape index (κ3) is 5.03. The minimum Gasteiger partial charge on any atom is -0.343 e. The molecule has 1 unspecified atom stereocenters. The molecule has 4 atom stereocenters. The maximum Gasteiger partial charge on any atom is 0.243 e. The zero-order valence-electron chi connectivity index (χ0n) is 21.3. The molecule has 2 aliphatic heterocycles. The van der Waals surface area contributed by atoms with Crippen molar-refractivity contribution in [3.8, 4) is 0 Å². The molecule has 1 aliphatic carbocycles. The number of nitrogens with one attached hydrogen (secondary N) is 2. The van der Waals surface area contributed by atoms with Crippen LogP contribution in [0.3, 0.4) is 0 Å². The standard InChI is InChI=1S/C31H29F2N3O3/c32-21-15-27(36(17-21)28(37)16-24-23-8-4-5-9-26(23)34-30(24)38)31(39)35-29(19-6-2-1-3-7-19)20-12-13-22(18-10-11-18)25(33)14-20/h1-9,12-14,18,21,24,27,29H,10-11,15-17H2,(H,34,38)(H,35,39)/t21-,24?,27+,29+/m1/s1. The molecule has 3 amide bonds. The number of alkyl halides is 1. The smallest absolute Gasteiger partial charge is 0.243 e. The van der Waals surface area contributed by atoms with Gasteiger partial charge in [-0.25, -0.2) is 8.78 Å². The van der Waals surface area contributed by atoms with Crippen molar-refractivity contribution in [1.29, 1.82) is 0 Å². The van der Waals surface area contributed by atoms with Crippen molar-refractivity contribution in [2.45, 2.75) is 55.8 Å². The molecule has 3 aromatic rings. The minimum absolute atomic E-state index is 0.137. The summed E-state index contributed by atoms with van der Waals surface area (Å²) in [6, 6.07) is 19.7. The monoisotopic (exact) mass is 529 g/mol. The summed E-state index contributed by atoms with van der Waals surface area (Å²) in [5.41, 5.74) is 3.38. The number of halogens is 2. The molecular formula is C31H29F2N3O3. The highest BCUT2D eigenvalue weighted by Crippen LogP contribution is 2.42. The van der Waals surface area contributed by atoms with Gasteiger partial charge in [0, 0.05) is 18.5 Å². The molecule has 0 spiro atoms. The van der Waals surface area contributed by atoms with Crippen molar-refractivity contribution in [2.24, 2.45) is 0 Å². The summed E-state index contributed by atoms with van der Waals surface area (Å²) < 4.78 is 29.6. The number of hydrogen-bond acceptors (Lipinski definition) is 3. The van der Waals surface area contributed by atoms with E-state index in [1.807, 2.05) is 36.4 Å². The molecule has 2 N–H and O–H groups in total. The van der Waals surface area contributed by atoms with Crippen LogP contribution >= 0.6 is 0 Å². The molecule has 0 bridgehead atoms. The average molecular weight is 530 g/mol. The van der Waals surface area contributed by atoms with E-state index in [9.17, 15) is 23.2 Å². The number of amides is 3. The summed E-state index contributed by atoms with van der Waals surface area (Å²) >= 11 is 0. The van der Waals surface area contributed by atoms with Crippen LogP contribution in [0.15, 0.2) is 72.8 Å². The second-order valence-corrected chi connectivity index (χ2v) is 10.6. The van der Waals surface area contributed by atoms with Crippen molar-refractivity contribution >= 4 is 23.4 Å². The molecule has 200 valence electrons. The summed E-state index contributed by atoms with van der Waals surface area (Å²) in [7, 11) is 0. The number of hydrogen-bond donors (Lipinski definition) is 2. The number of likely N-dealkylation sites (tertiary alicyclic amines) is 1. The van der Waals surface area contributed by atoms with Crippen LogP contribution in [0.1, 0.15) is 65.8 Å². The van der Waals surface area contributed by atoms with Crippen molar-refractivity contribution in [3.05, 3.63) is 101 Å². The Morgan fingerprint density at radius 2 is 1.72 bits per heavy atom. The first kappa shape index (κ1) is 25.2. The third-order valence-electron chi connectivity index (χ3n) is 7.96. The van der Waals surface area contributed by atoms with Gasteiger partial charge in [0.15, 0.2) is 0 Å². The SMILES string of the molecule is O=C1Nc2ccccc2C1CC(=O)N1C[C@H](F)C[C@H]1C(=O)N[C@@H](c1ccccc1)c1ccc(C2CC2)c(F)c1. The van der Waals surface area contributed by atoms with Crippen LogP contribution in [-0.2, 0) is 14.4 Å². The quantitative estimate of drug-likeness (QED) is 0.454. The van der Waals surface area contributed by atoms with E-state index in [-0.39, 0.29) is 37.0 Å². The zero-order valence-corrected chi connectivity index (χ0v) is 21.3. The molecule has 2 fully saturated rings. The molecule has 39 heavy (non-hydrogen) atoms. The number of benzene rings is 3. The molecule has 0 aromatic heterocycles. The number of carbonyl (C=O) groups is 3. The lowest BCUT2D eigenvalue weighted by Gasteiger charge is -2.27. The van der Waals surface area contributed by atoms with Crippen LogP contribution in [0.2, 0.25) is 0 Å². The van der Waals surface area contributed by atoms with E-state index in [0.717, 1.165) is 18.4 Å². The second-order valence-electron chi connectivity index (χ2n) is 10.6. The van der Waals surface area contributed by atoms with E-state index >= 15 is 0 Å². The first-order chi connectivity index (χ1) is 18.9. The Balaban J connectivity index is 1.23. The second kappa shape index (κ2) is 10.2. The maximum absolute atomic E-state index is 15.0. The molecule has 2 heterocycles. The molecular weight excluding hydrogens is 500 g/mol. The van der Waals surface area contributed by atoms with Gasteiger partial charge in [-0.2, -0.15) is 0 Å². The van der Waals surface area contributed by atoms with Gasteiger partial charge in [-0.15, -0.1) is 0 Å². The number of rotatable bonds is 7. The number of carbonyl (C=O) groups excluding carboxylic acids is 3. The van der Waals surface area contributed by atoms with Crippen LogP contribution < -0.4 is 10.6 Å². The van der Waals surface area contributed by atoms with Crippen LogP contribution in [0, 0.1) is 5.82 Å². The van der Waals surface area contributed by atoms with Crippen molar-refractivity contribution in [1.82, 2.24) is 10.2 Å². The van der Waals surface area contributed by atoms with Gasteiger partial charge >= 0.3 is 0 Å². The zero-order chi connectivity index (χ0) is 27.1. The fraction of sp³-hybridized carbons (Fsp3) is 0.323. The average Bonchev–Trinajstić information content (AvgIpc) is 3.63. The van der Waals surface area contributed by atoms with E-state index in [1.54, 1.807) is 30.3 Å². The van der Waals surface area contributed by atoms with Crippen LogP contribution in [0.5, 0.6) is 0 Å². The fourth-order valence-electron chi connectivity index (χ4n) is 5.77. The van der Waals surface area contributed by atoms with Gasteiger partial charge in [0.1, 0.15) is 18.0 Å². The van der Waals surface area contributed by atoms with Crippen molar-refractivity contribution in [3.63, 3.8) is 0 Å². The topological polar surface area (TPSA) is 78.5 Å². The Labute approximate surface area is 225 Å². The van der Waals surface area contributed by atoms with E-state index in [4.69, 9.17) is 0 Å². The van der Waals surface area contributed by atoms with Crippen LogP contribution in [0.25, 0.3) is 0 Å². The van der Waals surface area contributed by atoms with E-state index in [0.29, 0.717) is 22.4 Å². The Morgan fingerprint density at radius 1 is 0.974 bits per heavy atom. The van der Waals surface area contributed by atoms with Gasteiger partial charge in [0.05, 0.1) is 18.5 Å². The first-order valence-corrected chi connectivity index (χ1v) is 13.4. The summed E-state index contributed by atoms with van der Waals surface area (Å²) in [5, 5.41) is 5.74. The Morgan fingerprint density at radius 3 is 2.46 bits per heavy atom. The Bertz CT molecular complexity index is 1430. The molecule has 6 nitrogen and oxygen atoms in total. The van der Waals surface area contributed by atoms with Crippen molar-refractivity contribution < 1.29 is 23.2 Å². The predicted molar refractivity (Wildman–Crippen MR) is 142 cm³/mol. The maximum atomic E-state index is 15.0. The van der Waals surface area contributed by atoms with Crippen molar-refractivity contribution in [2.75, 3.05) is 11.9 Å². The Kier molecular flexibility index (Phi) is 6.62. The normalized spacial score (nSPS) is 22.8.